The van der Waals surface area contributed by atoms with Gasteiger partial charge in [0.2, 0.25) is 5.91 Å². The minimum atomic E-state index is -1.12. The normalized spacial score (nSPS) is 16.5. The number of hydrogen-bond donors (Lipinski definition) is 1. The van der Waals surface area contributed by atoms with Gasteiger partial charge in [0.15, 0.2) is 0 Å². The molecule has 1 atom stereocenters. The Balaban J connectivity index is 0.00000280. The summed E-state index contributed by atoms with van der Waals surface area (Å²) in [5, 5.41) is 0. The number of carbonyl (C=O) groups excluding carboxylic acids is 2. The van der Waals surface area contributed by atoms with Crippen molar-refractivity contribution in [3.63, 3.8) is 0 Å². The van der Waals surface area contributed by atoms with E-state index in [0.717, 1.165) is 5.56 Å². The summed E-state index contributed by atoms with van der Waals surface area (Å²) in [6.07, 6.45) is 0.650. The first-order valence-corrected chi connectivity index (χ1v) is 9.08. The van der Waals surface area contributed by atoms with E-state index in [4.69, 9.17) is 5.73 Å². The summed E-state index contributed by atoms with van der Waals surface area (Å²) >= 11 is 0. The molecule has 1 unspecified atom stereocenters. The highest BCUT2D eigenvalue weighted by atomic mass is 35.5. The number of carbonyl (C=O) groups is 2. The van der Waals surface area contributed by atoms with Crippen molar-refractivity contribution in [2.45, 2.75) is 18.9 Å². The van der Waals surface area contributed by atoms with Gasteiger partial charge in [0.1, 0.15) is 11.4 Å². The van der Waals surface area contributed by atoms with Crippen LogP contribution in [0, 0.1) is 5.82 Å². The maximum atomic E-state index is 13.4. The van der Waals surface area contributed by atoms with Gasteiger partial charge in [0.05, 0.1) is 0 Å². The predicted octanol–water partition coefficient (Wildman–Crippen LogP) is 2.80. The Hall–Kier alpha value is -2.44. The van der Waals surface area contributed by atoms with E-state index in [0.29, 0.717) is 38.2 Å². The van der Waals surface area contributed by atoms with Crippen LogP contribution in [0.25, 0.3) is 0 Å². The molecule has 0 saturated carbocycles. The number of benzene rings is 2. The van der Waals surface area contributed by atoms with Crippen molar-refractivity contribution in [2.24, 2.45) is 5.73 Å². The van der Waals surface area contributed by atoms with Crippen molar-refractivity contribution in [1.29, 1.82) is 0 Å². The van der Waals surface area contributed by atoms with E-state index >= 15 is 0 Å². The maximum Gasteiger partial charge on any atom is 0.254 e. The lowest BCUT2D eigenvalue weighted by atomic mass is 9.91. The van der Waals surface area contributed by atoms with Crippen LogP contribution in [0.3, 0.4) is 0 Å². The summed E-state index contributed by atoms with van der Waals surface area (Å²) < 4.78 is 13.4. The number of nitrogens with two attached hydrogens (primary N) is 1. The molecular formula is C21H25ClFN3O2. The molecule has 2 amide bonds. The first-order chi connectivity index (χ1) is 12.9. The molecule has 1 saturated heterocycles. The Bertz CT molecular complexity index is 829. The molecule has 5 nitrogen and oxygen atoms in total. The third kappa shape index (κ3) is 4.69. The molecule has 1 heterocycles. The zero-order valence-corrected chi connectivity index (χ0v) is 16.6. The molecule has 7 heteroatoms. The number of hydrogen-bond acceptors (Lipinski definition) is 3. The zero-order chi connectivity index (χ0) is 19.4. The Morgan fingerprint density at radius 1 is 0.964 bits per heavy atom. The van der Waals surface area contributed by atoms with Crippen LogP contribution in [0.4, 0.5) is 4.39 Å². The molecule has 0 aromatic heterocycles. The van der Waals surface area contributed by atoms with Crippen LogP contribution in [0.5, 0.6) is 0 Å². The van der Waals surface area contributed by atoms with Gasteiger partial charge in [-0.15, -0.1) is 12.4 Å². The molecule has 0 aliphatic carbocycles. The highest BCUT2D eigenvalue weighted by Crippen LogP contribution is 2.21. The van der Waals surface area contributed by atoms with Gasteiger partial charge in [-0.25, -0.2) is 4.39 Å². The lowest BCUT2D eigenvalue weighted by Crippen LogP contribution is -2.51. The van der Waals surface area contributed by atoms with Gasteiger partial charge < -0.3 is 15.5 Å². The van der Waals surface area contributed by atoms with Crippen LogP contribution in [-0.2, 0) is 10.3 Å². The van der Waals surface area contributed by atoms with Crippen LogP contribution in [0.15, 0.2) is 54.6 Å². The van der Waals surface area contributed by atoms with Crippen LogP contribution in [0.2, 0.25) is 0 Å². The summed E-state index contributed by atoms with van der Waals surface area (Å²) in [4.78, 5) is 29.0. The van der Waals surface area contributed by atoms with Gasteiger partial charge in [0.25, 0.3) is 5.91 Å². The van der Waals surface area contributed by atoms with Gasteiger partial charge in [0, 0.05) is 31.7 Å². The summed E-state index contributed by atoms with van der Waals surface area (Å²) in [5.74, 6) is -0.814. The van der Waals surface area contributed by atoms with Crippen LogP contribution >= 0.6 is 12.4 Å². The molecule has 150 valence electrons. The fourth-order valence-electron chi connectivity index (χ4n) is 3.36. The minimum Gasteiger partial charge on any atom is -0.339 e. The topological polar surface area (TPSA) is 66.6 Å². The van der Waals surface area contributed by atoms with Crippen molar-refractivity contribution in [3.05, 3.63) is 71.5 Å². The molecule has 1 aliphatic heterocycles. The van der Waals surface area contributed by atoms with Gasteiger partial charge in [-0.05, 0) is 37.1 Å². The second-order valence-electron chi connectivity index (χ2n) is 7.02. The Kier molecular flexibility index (Phi) is 7.16. The van der Waals surface area contributed by atoms with Gasteiger partial charge in [-0.2, -0.15) is 0 Å². The van der Waals surface area contributed by atoms with E-state index in [1.807, 2.05) is 30.3 Å². The Labute approximate surface area is 170 Å². The van der Waals surface area contributed by atoms with Crippen LogP contribution in [-0.4, -0.2) is 47.8 Å². The molecule has 0 radical (unpaired) electrons. The third-order valence-corrected chi connectivity index (χ3v) is 4.96. The predicted molar refractivity (Wildman–Crippen MR) is 109 cm³/mol. The molecule has 3 rings (SSSR count). The van der Waals surface area contributed by atoms with E-state index in [-0.39, 0.29) is 24.2 Å². The smallest absolute Gasteiger partial charge is 0.254 e. The average Bonchev–Trinajstić information content (AvgIpc) is 2.93. The van der Waals surface area contributed by atoms with Crippen molar-refractivity contribution in [1.82, 2.24) is 9.80 Å². The van der Waals surface area contributed by atoms with Crippen LogP contribution in [0.1, 0.15) is 29.3 Å². The highest BCUT2D eigenvalue weighted by Gasteiger charge is 2.35. The number of nitrogens with zero attached hydrogens (tertiary/aromatic N) is 2. The third-order valence-electron chi connectivity index (χ3n) is 4.96. The summed E-state index contributed by atoms with van der Waals surface area (Å²) in [6.45, 7) is 3.56. The number of amides is 2. The lowest BCUT2D eigenvalue weighted by Gasteiger charge is -2.31. The van der Waals surface area contributed by atoms with E-state index in [1.165, 1.54) is 18.2 Å². The quantitative estimate of drug-likeness (QED) is 0.853. The fourth-order valence-corrected chi connectivity index (χ4v) is 3.36. The summed E-state index contributed by atoms with van der Waals surface area (Å²) in [7, 11) is 0. The van der Waals surface area contributed by atoms with Crippen molar-refractivity contribution in [2.75, 3.05) is 26.2 Å². The molecular weight excluding hydrogens is 381 g/mol. The first kappa shape index (κ1) is 21.9. The standard InChI is InChI=1S/C21H24FN3O2.ClH/c1-21(23,17-8-3-2-4-9-17)20(27)25-12-6-11-24(13-14-25)19(26)16-7-5-10-18(22)15-16;/h2-5,7-10,15H,6,11-14,23H2,1H3;1H. The fraction of sp³-hybridized carbons (Fsp3) is 0.333. The average molecular weight is 406 g/mol. The largest absolute Gasteiger partial charge is 0.339 e. The summed E-state index contributed by atoms with van der Waals surface area (Å²) in [5.41, 5.74) is 6.31. The first-order valence-electron chi connectivity index (χ1n) is 9.08. The molecule has 1 fully saturated rings. The van der Waals surface area contributed by atoms with Crippen molar-refractivity contribution < 1.29 is 14.0 Å². The van der Waals surface area contributed by atoms with Gasteiger partial charge >= 0.3 is 0 Å². The van der Waals surface area contributed by atoms with Crippen molar-refractivity contribution >= 4 is 24.2 Å². The molecule has 0 spiro atoms. The number of rotatable bonds is 3. The lowest BCUT2D eigenvalue weighted by molar-refractivity contribution is -0.136. The van der Waals surface area contributed by atoms with Crippen LogP contribution < -0.4 is 5.73 Å². The Morgan fingerprint density at radius 2 is 1.61 bits per heavy atom. The highest BCUT2D eigenvalue weighted by molar-refractivity contribution is 5.94. The van der Waals surface area contributed by atoms with E-state index in [2.05, 4.69) is 0 Å². The zero-order valence-electron chi connectivity index (χ0n) is 15.8. The molecule has 2 N–H and O–H groups in total. The Morgan fingerprint density at radius 3 is 2.29 bits per heavy atom. The van der Waals surface area contributed by atoms with E-state index < -0.39 is 11.4 Å². The second kappa shape index (κ2) is 9.17. The van der Waals surface area contributed by atoms with E-state index in [9.17, 15) is 14.0 Å². The minimum absolute atomic E-state index is 0. The number of halogens is 2. The molecule has 28 heavy (non-hydrogen) atoms. The monoisotopic (exact) mass is 405 g/mol. The van der Waals surface area contributed by atoms with E-state index in [1.54, 1.807) is 22.8 Å². The molecule has 2 aromatic carbocycles. The van der Waals surface area contributed by atoms with Crippen molar-refractivity contribution in [3.8, 4) is 0 Å². The van der Waals surface area contributed by atoms with Gasteiger partial charge in [-0.3, -0.25) is 9.59 Å². The maximum absolute atomic E-state index is 13.4. The SMILES string of the molecule is CC(N)(C(=O)N1CCCN(C(=O)c2cccc(F)c2)CC1)c1ccccc1.Cl. The second-order valence-corrected chi connectivity index (χ2v) is 7.02. The molecule has 2 aromatic rings. The molecule has 0 bridgehead atoms. The van der Waals surface area contributed by atoms with Gasteiger partial charge in [-0.1, -0.05) is 36.4 Å². The molecule has 1 aliphatic rings. The summed E-state index contributed by atoms with van der Waals surface area (Å²) in [6, 6.07) is 15.0.